The molecular formula is C14H13N3O3S. The maximum Gasteiger partial charge on any atom is 0.317 e. The van der Waals surface area contributed by atoms with Crippen molar-refractivity contribution in [1.82, 2.24) is 4.98 Å². The molecular weight excluding hydrogens is 290 g/mol. The normalized spacial score (nSPS) is 10.9. The molecule has 0 atom stereocenters. The van der Waals surface area contributed by atoms with Gasteiger partial charge in [-0.3, -0.25) is 0 Å². The maximum absolute atomic E-state index is 12.0. The van der Waals surface area contributed by atoms with Crippen LogP contribution in [0.15, 0.2) is 47.5 Å². The van der Waals surface area contributed by atoms with Crippen molar-refractivity contribution in [3.05, 3.63) is 53.7 Å². The second-order valence-electron chi connectivity index (χ2n) is 4.30. The third-order valence-electron chi connectivity index (χ3n) is 2.72. The van der Waals surface area contributed by atoms with Gasteiger partial charge in [-0.25, -0.2) is 10.5 Å². The number of nitriles is 1. The van der Waals surface area contributed by atoms with Crippen LogP contribution in [0, 0.1) is 18.3 Å². The first-order chi connectivity index (χ1) is 10.0. The number of hydrogen-bond donors (Lipinski definition) is 1. The fourth-order valence-corrected chi connectivity index (χ4v) is 2.36. The number of nitrogens with one attached hydrogen (secondary N) is 1. The molecule has 1 N–H and O–H groups in total. The van der Waals surface area contributed by atoms with Crippen LogP contribution < -0.4 is 5.48 Å². The molecule has 21 heavy (non-hydrogen) atoms. The molecule has 2 aromatic rings. The first kappa shape index (κ1) is 15.0. The fourth-order valence-electron chi connectivity index (χ4n) is 1.61. The second-order valence-corrected chi connectivity index (χ2v) is 5.84. The van der Waals surface area contributed by atoms with E-state index in [2.05, 4.69) is 10.5 Å². The molecule has 0 aliphatic heterocycles. The average Bonchev–Trinajstić information content (AvgIpc) is 2.47. The van der Waals surface area contributed by atoms with E-state index in [-0.39, 0.29) is 17.1 Å². The Balaban J connectivity index is 2.16. The molecule has 0 aliphatic rings. The van der Waals surface area contributed by atoms with Crippen molar-refractivity contribution in [2.75, 3.05) is 5.48 Å². The van der Waals surface area contributed by atoms with Crippen molar-refractivity contribution in [2.45, 2.75) is 18.2 Å². The van der Waals surface area contributed by atoms with Crippen LogP contribution in [0.25, 0.3) is 0 Å². The van der Waals surface area contributed by atoms with E-state index in [1.807, 2.05) is 13.0 Å². The Morgan fingerprint density at radius 2 is 2.00 bits per heavy atom. The molecule has 0 unspecified atom stereocenters. The summed E-state index contributed by atoms with van der Waals surface area (Å²) >= 11 is 0. The minimum absolute atomic E-state index is 0.0402. The van der Waals surface area contributed by atoms with Gasteiger partial charge in [0.15, 0.2) is 5.82 Å². The third-order valence-corrected chi connectivity index (χ3v) is 3.87. The third kappa shape index (κ3) is 3.78. The predicted octanol–water partition coefficient (Wildman–Crippen LogP) is 2.19. The van der Waals surface area contributed by atoms with Crippen molar-refractivity contribution in [3.8, 4) is 6.07 Å². The minimum atomic E-state index is -3.94. The first-order valence-corrected chi connectivity index (χ1v) is 7.51. The zero-order valence-corrected chi connectivity index (χ0v) is 12.1. The lowest BCUT2D eigenvalue weighted by Gasteiger charge is -2.09. The Morgan fingerprint density at radius 1 is 1.29 bits per heavy atom. The Bertz CT molecular complexity index is 765. The summed E-state index contributed by atoms with van der Waals surface area (Å²) in [5, 5.41) is 8.71. The summed E-state index contributed by atoms with van der Waals surface area (Å²) in [6.45, 7) is 1.86. The molecule has 2 rings (SSSR count). The molecule has 1 aromatic carbocycles. The Morgan fingerprint density at radius 3 is 2.67 bits per heavy atom. The molecule has 0 spiro atoms. The number of benzene rings is 1. The second kappa shape index (κ2) is 6.35. The van der Waals surface area contributed by atoms with Crippen LogP contribution in [0.2, 0.25) is 0 Å². The monoisotopic (exact) mass is 303 g/mol. The molecule has 0 saturated carbocycles. The standard InChI is InChI=1S/C14H13N3O3S/c1-11-4-6-13(7-5-11)21(18,19)20-17-14-12(8-9-15)3-2-10-16-14/h2-7,10H,8H2,1H3,(H,16,17). The van der Waals surface area contributed by atoms with Crippen molar-refractivity contribution < 1.29 is 12.7 Å². The van der Waals surface area contributed by atoms with Gasteiger partial charge < -0.3 is 0 Å². The van der Waals surface area contributed by atoms with Crippen LogP contribution >= 0.6 is 0 Å². The van der Waals surface area contributed by atoms with Gasteiger partial charge in [0.1, 0.15) is 0 Å². The summed E-state index contributed by atoms with van der Waals surface area (Å²) in [4.78, 5) is 4.00. The molecule has 7 heteroatoms. The highest BCUT2D eigenvalue weighted by Crippen LogP contribution is 2.16. The molecule has 0 bridgehead atoms. The van der Waals surface area contributed by atoms with E-state index in [9.17, 15) is 8.42 Å². The summed E-state index contributed by atoms with van der Waals surface area (Å²) in [5.74, 6) is 0.203. The van der Waals surface area contributed by atoms with Crippen molar-refractivity contribution in [3.63, 3.8) is 0 Å². The van der Waals surface area contributed by atoms with Crippen LogP contribution in [-0.4, -0.2) is 13.4 Å². The van der Waals surface area contributed by atoms with Crippen molar-refractivity contribution in [1.29, 1.82) is 5.26 Å². The Labute approximate surface area is 123 Å². The first-order valence-electron chi connectivity index (χ1n) is 6.10. The van der Waals surface area contributed by atoms with E-state index < -0.39 is 10.1 Å². The van der Waals surface area contributed by atoms with Gasteiger partial charge in [-0.15, -0.1) is 4.28 Å². The number of nitrogens with zero attached hydrogens (tertiary/aromatic N) is 2. The fraction of sp³-hybridized carbons (Fsp3) is 0.143. The molecule has 1 heterocycles. The van der Waals surface area contributed by atoms with Crippen molar-refractivity contribution >= 4 is 15.9 Å². The quantitative estimate of drug-likeness (QED) is 0.851. The summed E-state index contributed by atoms with van der Waals surface area (Å²) in [6, 6.07) is 11.6. The molecule has 0 radical (unpaired) electrons. The zero-order chi connectivity index (χ0) is 15.3. The summed E-state index contributed by atoms with van der Waals surface area (Å²) in [5.41, 5.74) is 3.80. The van der Waals surface area contributed by atoms with Gasteiger partial charge in [0, 0.05) is 11.8 Å². The van der Waals surface area contributed by atoms with Gasteiger partial charge in [0.25, 0.3) is 0 Å². The number of pyridine rings is 1. The van der Waals surface area contributed by atoms with E-state index in [0.717, 1.165) is 5.56 Å². The lowest BCUT2D eigenvalue weighted by Crippen LogP contribution is -2.13. The number of aromatic nitrogens is 1. The highest BCUT2D eigenvalue weighted by atomic mass is 32.2. The summed E-state index contributed by atoms with van der Waals surface area (Å²) < 4.78 is 28.8. The van der Waals surface area contributed by atoms with Crippen LogP contribution in [0.4, 0.5) is 5.82 Å². The number of hydrogen-bond acceptors (Lipinski definition) is 6. The maximum atomic E-state index is 12.0. The van der Waals surface area contributed by atoms with Gasteiger partial charge in [0.2, 0.25) is 0 Å². The van der Waals surface area contributed by atoms with Crippen molar-refractivity contribution in [2.24, 2.45) is 0 Å². The van der Waals surface area contributed by atoms with Crippen LogP contribution in [0.1, 0.15) is 11.1 Å². The van der Waals surface area contributed by atoms with E-state index in [4.69, 9.17) is 9.55 Å². The van der Waals surface area contributed by atoms with E-state index in [0.29, 0.717) is 5.56 Å². The van der Waals surface area contributed by atoms with Gasteiger partial charge >= 0.3 is 10.1 Å². The summed E-state index contributed by atoms with van der Waals surface area (Å²) in [7, 11) is -3.94. The molecule has 0 aliphatic carbocycles. The van der Waals surface area contributed by atoms with Crippen LogP contribution in [0.3, 0.4) is 0 Å². The topological polar surface area (TPSA) is 92.1 Å². The van der Waals surface area contributed by atoms with Gasteiger partial charge in [0.05, 0.1) is 17.4 Å². The highest BCUT2D eigenvalue weighted by molar-refractivity contribution is 7.86. The molecule has 6 nitrogen and oxygen atoms in total. The summed E-state index contributed by atoms with van der Waals surface area (Å²) in [6.07, 6.45) is 1.58. The number of aryl methyl sites for hydroxylation is 1. The smallest absolute Gasteiger partial charge is 0.237 e. The van der Waals surface area contributed by atoms with E-state index in [1.165, 1.54) is 18.3 Å². The largest absolute Gasteiger partial charge is 0.317 e. The molecule has 0 fully saturated rings. The van der Waals surface area contributed by atoms with Gasteiger partial charge in [-0.1, -0.05) is 23.8 Å². The average molecular weight is 303 g/mol. The molecule has 108 valence electrons. The molecule has 0 saturated heterocycles. The highest BCUT2D eigenvalue weighted by Gasteiger charge is 2.16. The predicted molar refractivity (Wildman–Crippen MR) is 76.6 cm³/mol. The molecule has 1 aromatic heterocycles. The molecule has 0 amide bonds. The van der Waals surface area contributed by atoms with Crippen LogP contribution in [0.5, 0.6) is 0 Å². The SMILES string of the molecule is Cc1ccc(S(=O)(=O)ONc2ncccc2CC#N)cc1. The van der Waals surface area contributed by atoms with Gasteiger partial charge in [-0.05, 0) is 25.1 Å². The van der Waals surface area contributed by atoms with E-state index >= 15 is 0 Å². The lowest BCUT2D eigenvalue weighted by molar-refractivity contribution is 0.388. The van der Waals surface area contributed by atoms with E-state index in [1.54, 1.807) is 24.3 Å². The van der Waals surface area contributed by atoms with Gasteiger partial charge in [-0.2, -0.15) is 13.7 Å². The Kier molecular flexibility index (Phi) is 4.52. The number of rotatable bonds is 5. The minimum Gasteiger partial charge on any atom is -0.237 e. The number of anilines is 1. The Hall–Kier alpha value is -2.43. The lowest BCUT2D eigenvalue weighted by atomic mass is 10.2. The van der Waals surface area contributed by atoms with Crippen LogP contribution in [-0.2, 0) is 20.8 Å². The zero-order valence-electron chi connectivity index (χ0n) is 11.3.